The minimum absolute atomic E-state index is 0.00636. The number of hydrogen-bond acceptors (Lipinski definition) is 5. The second kappa shape index (κ2) is 9.50. The van der Waals surface area contributed by atoms with Crippen molar-refractivity contribution in [1.82, 2.24) is 9.99 Å². The summed E-state index contributed by atoms with van der Waals surface area (Å²) < 4.78 is 19.7. The van der Waals surface area contributed by atoms with Crippen molar-refractivity contribution in [3.63, 3.8) is 0 Å². The molecule has 2 N–H and O–H groups in total. The number of hydrogen-bond donors (Lipinski definition) is 2. The lowest BCUT2D eigenvalue weighted by Gasteiger charge is -2.04. The minimum Gasteiger partial charge on any atom is -0.465 e. The van der Waals surface area contributed by atoms with E-state index >= 15 is 0 Å². The summed E-state index contributed by atoms with van der Waals surface area (Å²) in [5.74, 6) is -1.01. The number of hydrazone groups is 1. The molecule has 0 aliphatic rings. The monoisotopic (exact) mass is 396 g/mol. The molecule has 0 bridgehead atoms. The standard InChI is InChI=1S/C21H21FN4O3/c1-2-29-21(28)14-26-13-15(18-5-3-4-6-19(18)26)11-24-25-20(27)12-23-17-9-7-16(22)8-10-17/h3-11,13,23H,2,12,14H2,1H3,(H,25,27)/b24-11-. The molecule has 1 heterocycles. The van der Waals surface area contributed by atoms with Gasteiger partial charge >= 0.3 is 5.97 Å². The van der Waals surface area contributed by atoms with Gasteiger partial charge in [0, 0.05) is 28.4 Å². The van der Waals surface area contributed by atoms with Crippen molar-refractivity contribution >= 4 is 34.7 Å². The van der Waals surface area contributed by atoms with Crippen LogP contribution in [0.4, 0.5) is 10.1 Å². The van der Waals surface area contributed by atoms with Gasteiger partial charge in [-0.1, -0.05) is 18.2 Å². The van der Waals surface area contributed by atoms with Crippen LogP contribution in [0.5, 0.6) is 0 Å². The maximum absolute atomic E-state index is 12.9. The third-order valence-corrected chi connectivity index (χ3v) is 4.11. The van der Waals surface area contributed by atoms with Gasteiger partial charge in [-0.15, -0.1) is 0 Å². The second-order valence-corrected chi connectivity index (χ2v) is 6.19. The van der Waals surface area contributed by atoms with E-state index in [4.69, 9.17) is 4.74 Å². The first-order chi connectivity index (χ1) is 14.1. The Hall–Kier alpha value is -3.68. The van der Waals surface area contributed by atoms with E-state index in [9.17, 15) is 14.0 Å². The fourth-order valence-corrected chi connectivity index (χ4v) is 2.82. The van der Waals surface area contributed by atoms with Crippen LogP contribution in [-0.4, -0.2) is 35.8 Å². The molecule has 2 aromatic carbocycles. The van der Waals surface area contributed by atoms with Crippen LogP contribution in [0.3, 0.4) is 0 Å². The predicted octanol–water partition coefficient (Wildman–Crippen LogP) is 2.91. The molecule has 7 nitrogen and oxygen atoms in total. The summed E-state index contributed by atoms with van der Waals surface area (Å²) in [7, 11) is 0. The summed E-state index contributed by atoms with van der Waals surface area (Å²) >= 11 is 0. The van der Waals surface area contributed by atoms with Gasteiger partial charge in [0.2, 0.25) is 0 Å². The Bertz CT molecular complexity index is 1030. The third-order valence-electron chi connectivity index (χ3n) is 4.11. The van der Waals surface area contributed by atoms with E-state index in [0.29, 0.717) is 12.3 Å². The van der Waals surface area contributed by atoms with Gasteiger partial charge in [0.15, 0.2) is 0 Å². The van der Waals surface area contributed by atoms with Crippen LogP contribution in [0, 0.1) is 5.82 Å². The lowest BCUT2D eigenvalue weighted by atomic mass is 10.2. The van der Waals surface area contributed by atoms with Gasteiger partial charge < -0.3 is 14.6 Å². The van der Waals surface area contributed by atoms with Gasteiger partial charge in [-0.25, -0.2) is 9.82 Å². The Morgan fingerprint density at radius 3 is 2.69 bits per heavy atom. The molecule has 1 aromatic heterocycles. The number of para-hydroxylation sites is 1. The molecule has 3 rings (SSSR count). The largest absolute Gasteiger partial charge is 0.465 e. The molecule has 0 aliphatic heterocycles. The summed E-state index contributed by atoms with van der Waals surface area (Å²) in [6, 6.07) is 13.3. The minimum atomic E-state index is -0.346. The molecule has 8 heteroatoms. The highest BCUT2D eigenvalue weighted by Gasteiger charge is 2.10. The fraction of sp³-hybridized carbons (Fsp3) is 0.190. The normalized spacial score (nSPS) is 11.0. The molecule has 0 aliphatic carbocycles. The Balaban J connectivity index is 1.63. The summed E-state index contributed by atoms with van der Waals surface area (Å²) in [6.45, 7) is 2.17. The van der Waals surface area contributed by atoms with E-state index in [-0.39, 0.29) is 30.8 Å². The SMILES string of the molecule is CCOC(=O)Cn1cc(/C=N\NC(=O)CNc2ccc(F)cc2)c2ccccc21. The molecule has 0 radical (unpaired) electrons. The van der Waals surface area contributed by atoms with Crippen molar-refractivity contribution in [2.24, 2.45) is 5.10 Å². The van der Waals surface area contributed by atoms with E-state index in [2.05, 4.69) is 15.8 Å². The molecular weight excluding hydrogens is 375 g/mol. The van der Waals surface area contributed by atoms with Crippen LogP contribution < -0.4 is 10.7 Å². The number of esters is 1. The molecule has 0 saturated carbocycles. The van der Waals surface area contributed by atoms with Crippen LogP contribution in [-0.2, 0) is 20.9 Å². The zero-order chi connectivity index (χ0) is 20.6. The van der Waals surface area contributed by atoms with Crippen molar-refractivity contribution in [1.29, 1.82) is 0 Å². The average Bonchev–Trinajstić information content (AvgIpc) is 3.05. The first kappa shape index (κ1) is 20.1. The third kappa shape index (κ3) is 5.41. The second-order valence-electron chi connectivity index (χ2n) is 6.19. The number of benzene rings is 2. The lowest BCUT2D eigenvalue weighted by Crippen LogP contribution is -2.25. The highest BCUT2D eigenvalue weighted by Crippen LogP contribution is 2.20. The number of nitrogens with zero attached hydrogens (tertiary/aromatic N) is 2. The Morgan fingerprint density at radius 1 is 1.17 bits per heavy atom. The number of carbonyl (C=O) groups excluding carboxylic acids is 2. The molecular formula is C21H21FN4O3. The highest BCUT2D eigenvalue weighted by molar-refractivity contribution is 6.00. The fourth-order valence-electron chi connectivity index (χ4n) is 2.82. The molecule has 0 fully saturated rings. The number of rotatable bonds is 8. The van der Waals surface area contributed by atoms with Crippen molar-refractivity contribution < 1.29 is 18.7 Å². The van der Waals surface area contributed by atoms with Crippen molar-refractivity contribution in [3.8, 4) is 0 Å². The van der Waals surface area contributed by atoms with E-state index in [0.717, 1.165) is 16.5 Å². The molecule has 150 valence electrons. The van der Waals surface area contributed by atoms with Crippen LogP contribution in [0.15, 0.2) is 59.8 Å². The Labute approximate surface area is 167 Å². The van der Waals surface area contributed by atoms with Gasteiger partial charge in [-0.3, -0.25) is 9.59 Å². The average molecular weight is 396 g/mol. The highest BCUT2D eigenvalue weighted by atomic mass is 19.1. The van der Waals surface area contributed by atoms with Gasteiger partial charge in [0.25, 0.3) is 5.91 Å². The van der Waals surface area contributed by atoms with Crippen LogP contribution in [0.2, 0.25) is 0 Å². The molecule has 1 amide bonds. The maximum atomic E-state index is 12.9. The molecule has 0 spiro atoms. The van der Waals surface area contributed by atoms with E-state index in [1.807, 2.05) is 24.3 Å². The number of carbonyl (C=O) groups is 2. The summed E-state index contributed by atoms with van der Waals surface area (Å²) in [6.07, 6.45) is 3.31. The van der Waals surface area contributed by atoms with Gasteiger partial charge in [-0.05, 0) is 37.3 Å². The molecule has 0 saturated heterocycles. The number of ether oxygens (including phenoxy) is 1. The summed E-state index contributed by atoms with van der Waals surface area (Å²) in [5.41, 5.74) is 4.70. The van der Waals surface area contributed by atoms with Gasteiger partial charge in [0.05, 0.1) is 19.4 Å². The zero-order valence-corrected chi connectivity index (χ0v) is 15.9. The number of nitrogens with one attached hydrogen (secondary N) is 2. The Morgan fingerprint density at radius 2 is 1.93 bits per heavy atom. The van der Waals surface area contributed by atoms with Crippen molar-refractivity contribution in [2.75, 3.05) is 18.5 Å². The summed E-state index contributed by atoms with van der Waals surface area (Å²) in [5, 5.41) is 7.77. The number of fused-ring (bicyclic) bond motifs is 1. The quantitative estimate of drug-likeness (QED) is 0.348. The van der Waals surface area contributed by atoms with Crippen molar-refractivity contribution in [2.45, 2.75) is 13.5 Å². The van der Waals surface area contributed by atoms with Gasteiger partial charge in [-0.2, -0.15) is 5.10 Å². The van der Waals surface area contributed by atoms with E-state index < -0.39 is 0 Å². The first-order valence-corrected chi connectivity index (χ1v) is 9.11. The van der Waals surface area contributed by atoms with Crippen molar-refractivity contribution in [3.05, 3.63) is 66.1 Å². The Kier molecular flexibility index (Phi) is 6.57. The van der Waals surface area contributed by atoms with E-state index in [1.165, 1.54) is 18.3 Å². The number of amides is 1. The number of halogens is 1. The number of anilines is 1. The topological polar surface area (TPSA) is 84.7 Å². The number of aromatic nitrogens is 1. The molecule has 29 heavy (non-hydrogen) atoms. The van der Waals surface area contributed by atoms with E-state index in [1.54, 1.807) is 29.8 Å². The van der Waals surface area contributed by atoms with Crippen LogP contribution >= 0.6 is 0 Å². The predicted molar refractivity (Wildman–Crippen MR) is 109 cm³/mol. The maximum Gasteiger partial charge on any atom is 0.325 e. The van der Waals surface area contributed by atoms with Crippen LogP contribution in [0.1, 0.15) is 12.5 Å². The summed E-state index contributed by atoms with van der Waals surface area (Å²) in [4.78, 5) is 23.7. The lowest BCUT2D eigenvalue weighted by molar-refractivity contribution is -0.143. The van der Waals surface area contributed by atoms with Gasteiger partial charge in [0.1, 0.15) is 12.4 Å². The first-order valence-electron chi connectivity index (χ1n) is 9.11. The van der Waals surface area contributed by atoms with Crippen LogP contribution in [0.25, 0.3) is 10.9 Å². The molecule has 0 unspecified atom stereocenters. The zero-order valence-electron chi connectivity index (χ0n) is 15.9. The smallest absolute Gasteiger partial charge is 0.325 e. The molecule has 3 aromatic rings. The molecule has 0 atom stereocenters.